The maximum absolute atomic E-state index is 6.16. The molecular weight excluding hydrogens is 350 g/mol. The van der Waals surface area contributed by atoms with E-state index in [4.69, 9.17) is 10.7 Å². The lowest BCUT2D eigenvalue weighted by molar-refractivity contribution is 0.577. The van der Waals surface area contributed by atoms with Crippen LogP contribution in [0.5, 0.6) is 0 Å². The van der Waals surface area contributed by atoms with Crippen LogP contribution in [0.2, 0.25) is 0 Å². The number of nitrogens with one attached hydrogen (secondary N) is 1. The first-order chi connectivity index (χ1) is 13.8. The van der Waals surface area contributed by atoms with Crippen molar-refractivity contribution in [3.05, 3.63) is 72.3 Å². The summed E-state index contributed by atoms with van der Waals surface area (Å²) in [6.07, 6.45) is 7.18. The van der Waals surface area contributed by atoms with Crippen molar-refractivity contribution in [2.75, 3.05) is 17.6 Å². The molecule has 1 aromatic carbocycles. The highest BCUT2D eigenvalue weighted by Gasteiger charge is 2.18. The molecule has 3 aromatic heterocycles. The van der Waals surface area contributed by atoms with Gasteiger partial charge in [0.05, 0.1) is 12.4 Å². The number of nitrogen functional groups attached to an aromatic ring is 1. The molecule has 0 amide bonds. The van der Waals surface area contributed by atoms with E-state index in [1.165, 1.54) is 5.56 Å². The van der Waals surface area contributed by atoms with E-state index >= 15 is 0 Å². The average molecular weight is 373 g/mol. The lowest BCUT2D eigenvalue weighted by atomic mass is 10.1. The monoisotopic (exact) mass is 373 g/mol. The molecule has 0 aliphatic carbocycles. The lowest BCUT2D eigenvalue weighted by Gasteiger charge is -2.17. The third-order valence-corrected chi connectivity index (χ3v) is 4.80. The van der Waals surface area contributed by atoms with Gasteiger partial charge in [0, 0.05) is 18.9 Å². The second kappa shape index (κ2) is 8.04. The Hall–Kier alpha value is -3.48. The van der Waals surface area contributed by atoms with Crippen molar-refractivity contribution >= 4 is 22.9 Å². The predicted octanol–water partition coefficient (Wildman–Crippen LogP) is 3.46. The van der Waals surface area contributed by atoms with Gasteiger partial charge in [-0.3, -0.25) is 4.98 Å². The van der Waals surface area contributed by atoms with Gasteiger partial charge in [0.1, 0.15) is 5.52 Å². The zero-order valence-corrected chi connectivity index (χ0v) is 15.8. The number of hydrogen-bond donors (Lipinski definition) is 2. The van der Waals surface area contributed by atoms with E-state index in [1.807, 2.05) is 30.3 Å². The zero-order valence-electron chi connectivity index (χ0n) is 15.8. The quantitative estimate of drug-likeness (QED) is 0.515. The number of benzene rings is 1. The number of imidazole rings is 1. The fourth-order valence-corrected chi connectivity index (χ4v) is 3.39. The summed E-state index contributed by atoms with van der Waals surface area (Å²) in [7, 11) is 0. The van der Waals surface area contributed by atoms with Crippen LogP contribution in [-0.2, 0) is 6.42 Å². The van der Waals surface area contributed by atoms with Crippen LogP contribution in [-0.4, -0.2) is 31.0 Å². The van der Waals surface area contributed by atoms with Crippen LogP contribution >= 0.6 is 0 Å². The van der Waals surface area contributed by atoms with Crippen molar-refractivity contribution in [2.24, 2.45) is 0 Å². The second-order valence-electron chi connectivity index (χ2n) is 6.62. The molecule has 0 fully saturated rings. The van der Waals surface area contributed by atoms with Gasteiger partial charge in [-0.25, -0.2) is 4.98 Å². The summed E-state index contributed by atoms with van der Waals surface area (Å²) in [5, 5.41) is 3.29. The third-order valence-electron chi connectivity index (χ3n) is 4.80. The predicted molar refractivity (Wildman–Crippen MR) is 111 cm³/mol. The summed E-state index contributed by atoms with van der Waals surface area (Å²) in [5.41, 5.74) is 9.94. The first-order valence-corrected chi connectivity index (χ1v) is 9.44. The van der Waals surface area contributed by atoms with Gasteiger partial charge in [-0.15, -0.1) is 0 Å². The van der Waals surface area contributed by atoms with Crippen molar-refractivity contribution in [1.29, 1.82) is 0 Å². The Morgan fingerprint density at radius 1 is 1.07 bits per heavy atom. The van der Waals surface area contributed by atoms with E-state index < -0.39 is 0 Å². The first-order valence-electron chi connectivity index (χ1n) is 9.44. The number of fused-ring (bicyclic) bond motifs is 1. The summed E-state index contributed by atoms with van der Waals surface area (Å²) in [5.74, 6) is 0.905. The Bertz CT molecular complexity index is 1040. The third kappa shape index (κ3) is 3.64. The Kier molecular flexibility index (Phi) is 5.14. The molecule has 0 aliphatic rings. The van der Waals surface area contributed by atoms with Gasteiger partial charge in [0.15, 0.2) is 11.5 Å². The zero-order chi connectivity index (χ0) is 19.3. The van der Waals surface area contributed by atoms with E-state index in [9.17, 15) is 0 Å². The number of rotatable bonds is 7. The summed E-state index contributed by atoms with van der Waals surface area (Å²) in [6.45, 7) is 2.87. The van der Waals surface area contributed by atoms with Crippen LogP contribution < -0.4 is 11.1 Å². The fraction of sp³-hybridized carbons (Fsp3) is 0.238. The summed E-state index contributed by atoms with van der Waals surface area (Å²) in [4.78, 5) is 17.6. The Morgan fingerprint density at radius 3 is 2.61 bits per heavy atom. The van der Waals surface area contributed by atoms with Crippen molar-refractivity contribution < 1.29 is 0 Å². The number of aromatic nitrogens is 5. The van der Waals surface area contributed by atoms with Gasteiger partial charge in [-0.05, 0) is 36.1 Å². The second-order valence-corrected chi connectivity index (χ2v) is 6.62. The van der Waals surface area contributed by atoms with Crippen LogP contribution in [0.4, 0.5) is 11.8 Å². The van der Waals surface area contributed by atoms with E-state index in [0.717, 1.165) is 30.6 Å². The van der Waals surface area contributed by atoms with E-state index in [0.29, 0.717) is 17.3 Å². The van der Waals surface area contributed by atoms with Crippen molar-refractivity contribution in [2.45, 2.75) is 25.8 Å². The molecule has 1 atom stereocenters. The van der Waals surface area contributed by atoms with Crippen LogP contribution in [0.3, 0.4) is 0 Å². The van der Waals surface area contributed by atoms with Crippen molar-refractivity contribution in [3.63, 3.8) is 0 Å². The van der Waals surface area contributed by atoms with E-state index in [-0.39, 0.29) is 6.04 Å². The van der Waals surface area contributed by atoms with Gasteiger partial charge >= 0.3 is 0 Å². The molecule has 0 spiro atoms. The number of anilines is 2. The summed E-state index contributed by atoms with van der Waals surface area (Å²) in [6, 6.07) is 14.5. The molecule has 28 heavy (non-hydrogen) atoms. The molecule has 0 bridgehead atoms. The maximum Gasteiger partial charge on any atom is 0.226 e. The molecule has 3 N–H and O–H groups in total. The molecule has 1 unspecified atom stereocenters. The Morgan fingerprint density at radius 2 is 1.86 bits per heavy atom. The topological polar surface area (TPSA) is 94.5 Å². The normalized spacial score (nSPS) is 12.2. The van der Waals surface area contributed by atoms with Crippen LogP contribution in [0, 0.1) is 0 Å². The number of nitrogens with zero attached hydrogens (tertiary/aromatic N) is 5. The van der Waals surface area contributed by atoms with Crippen LogP contribution in [0.1, 0.15) is 30.5 Å². The minimum atomic E-state index is 0.111. The van der Waals surface area contributed by atoms with E-state index in [1.54, 1.807) is 18.7 Å². The number of nitrogens with two attached hydrogens (primary N) is 1. The highest BCUT2D eigenvalue weighted by atomic mass is 15.2. The highest BCUT2D eigenvalue weighted by molar-refractivity contribution is 5.83. The van der Waals surface area contributed by atoms with Crippen molar-refractivity contribution in [1.82, 2.24) is 24.5 Å². The van der Waals surface area contributed by atoms with Crippen LogP contribution in [0.15, 0.2) is 61.2 Å². The van der Waals surface area contributed by atoms with Crippen molar-refractivity contribution in [3.8, 4) is 0 Å². The number of hydrogen-bond acceptors (Lipinski definition) is 6. The van der Waals surface area contributed by atoms with Crippen LogP contribution in [0.25, 0.3) is 11.2 Å². The minimum absolute atomic E-state index is 0.111. The molecule has 7 heteroatoms. The molecule has 0 radical (unpaired) electrons. The molecule has 4 aromatic rings. The molecular formula is C21H23N7. The van der Waals surface area contributed by atoms with Gasteiger partial charge in [0.25, 0.3) is 0 Å². The van der Waals surface area contributed by atoms with E-state index in [2.05, 4.69) is 43.9 Å². The minimum Gasteiger partial charge on any atom is -0.382 e. The first kappa shape index (κ1) is 17.9. The lowest BCUT2D eigenvalue weighted by Crippen LogP contribution is -2.12. The Labute approximate surface area is 163 Å². The van der Waals surface area contributed by atoms with Gasteiger partial charge < -0.3 is 15.6 Å². The molecule has 3 heterocycles. The molecule has 0 saturated carbocycles. The van der Waals surface area contributed by atoms with Gasteiger partial charge in [0.2, 0.25) is 5.95 Å². The smallest absolute Gasteiger partial charge is 0.226 e. The summed E-state index contributed by atoms with van der Waals surface area (Å²) < 4.78 is 2.06. The SMILES string of the molecule is CCC(c1ccncc1)n1cnc2c(N)nc(NCCc3ccccc3)nc21. The highest BCUT2D eigenvalue weighted by Crippen LogP contribution is 2.27. The van der Waals surface area contributed by atoms with Gasteiger partial charge in [-0.2, -0.15) is 9.97 Å². The molecule has 7 nitrogen and oxygen atoms in total. The molecule has 142 valence electrons. The standard InChI is InChI=1S/C21H23N7/c1-2-17(16-9-11-23-12-10-16)28-14-25-18-19(22)26-21(27-20(18)28)24-13-8-15-6-4-3-5-7-15/h3-7,9-12,14,17H,2,8,13H2,1H3,(H3,22,24,26,27). The van der Waals surface area contributed by atoms with Gasteiger partial charge in [-0.1, -0.05) is 37.3 Å². The maximum atomic E-state index is 6.16. The fourth-order valence-electron chi connectivity index (χ4n) is 3.39. The molecule has 0 saturated heterocycles. The summed E-state index contributed by atoms with van der Waals surface area (Å²) >= 11 is 0. The molecule has 0 aliphatic heterocycles. The largest absolute Gasteiger partial charge is 0.382 e. The average Bonchev–Trinajstić information content (AvgIpc) is 3.15. The molecule has 4 rings (SSSR count). The Balaban J connectivity index is 1.61. The number of pyridine rings is 1.